The number of rotatable bonds is 0. The van der Waals surface area contributed by atoms with Crippen molar-refractivity contribution >= 4 is 5.97 Å². The first kappa shape index (κ1) is 17.0. The molecule has 0 aromatic carbocycles. The summed E-state index contributed by atoms with van der Waals surface area (Å²) in [5, 5.41) is 16.5. The van der Waals surface area contributed by atoms with Crippen LogP contribution in [-0.2, 0) is 33.8 Å². The van der Waals surface area contributed by atoms with E-state index >= 15 is 0 Å². The molecule has 0 aliphatic heterocycles. The fourth-order valence-electron chi connectivity index (χ4n) is 0. The quantitative estimate of drug-likeness (QED) is 0.406. The summed E-state index contributed by atoms with van der Waals surface area (Å²) in [6.45, 7) is 0.972. The minimum atomic E-state index is -1.08. The number of hydrogen-bond donors (Lipinski definition) is 0. The van der Waals surface area contributed by atoms with Crippen molar-refractivity contribution in [3.63, 3.8) is 0 Å². The van der Waals surface area contributed by atoms with Gasteiger partial charge in [0.05, 0.1) is 0 Å². The molecular formula is C3H3FeKNO2Zn. The molecule has 3 nitrogen and oxygen atoms in total. The molecule has 0 radical (unpaired) electrons. The van der Waals surface area contributed by atoms with Gasteiger partial charge >= 0.3 is 90.6 Å². The summed E-state index contributed by atoms with van der Waals surface area (Å²) in [6.07, 6.45) is 0. The largest absolute Gasteiger partial charge is 1.00 e. The smallest absolute Gasteiger partial charge is 1.00 e. The molecule has 0 amide bonds. The summed E-state index contributed by atoms with van der Waals surface area (Å²) < 4.78 is 0. The van der Waals surface area contributed by atoms with Gasteiger partial charge < -0.3 is 9.90 Å². The standard InChI is InChI=1S/C2H4O2.CN.Fe.K.Zn/c1-2(3)4;1-2;;;/h1H3,(H,3,4);;;;/q;;;+1;/p-1. The van der Waals surface area contributed by atoms with Gasteiger partial charge in [-0.05, 0) is 6.92 Å². The van der Waals surface area contributed by atoms with Gasteiger partial charge in [0.2, 0.25) is 0 Å². The molecule has 6 heteroatoms. The number of carbonyl (C=O) groups excluding carboxylic acids is 1. The molecule has 0 aliphatic carbocycles. The van der Waals surface area contributed by atoms with Gasteiger partial charge in [0.25, 0.3) is 0 Å². The van der Waals surface area contributed by atoms with Gasteiger partial charge in [-0.1, -0.05) is 0 Å². The van der Waals surface area contributed by atoms with Crippen LogP contribution >= 0.6 is 0 Å². The number of carbonyl (C=O) groups is 1. The first-order chi connectivity index (χ1) is 3.65. The normalized spacial score (nSPS) is 5.56. The summed E-state index contributed by atoms with van der Waals surface area (Å²) in [6, 6.07) is 0. The molecule has 0 unspecified atom stereocenters. The van der Waals surface area contributed by atoms with E-state index in [0.717, 1.165) is 35.9 Å². The Balaban J connectivity index is -0.0000000720. The molecule has 0 aromatic heterocycles. The molecule has 0 N–H and O–H groups in total. The molecule has 9 heavy (non-hydrogen) atoms. The monoisotopic (exact) mass is 244 g/mol. The minimum absolute atomic E-state index is 0. The Kier molecular flexibility index (Phi) is 30.9. The van der Waals surface area contributed by atoms with Gasteiger partial charge in [-0.15, -0.1) is 0 Å². The molecule has 0 fully saturated rings. The Labute approximate surface area is 111 Å². The Bertz CT molecular complexity index is 100. The number of aliphatic carboxylic acids is 1. The van der Waals surface area contributed by atoms with E-state index in [1.807, 2.05) is 4.97 Å². The van der Waals surface area contributed by atoms with Gasteiger partial charge in [0.15, 0.2) is 0 Å². The number of carboxylic acids is 1. The van der Waals surface area contributed by atoms with Crippen LogP contribution in [-0.4, -0.2) is 5.97 Å². The first-order valence-electron chi connectivity index (χ1n) is 1.56. The van der Waals surface area contributed by atoms with Crippen LogP contribution in [0.2, 0.25) is 0 Å². The van der Waals surface area contributed by atoms with E-state index in [-0.39, 0.29) is 51.4 Å². The maximum absolute atomic E-state index is 8.89. The maximum Gasteiger partial charge on any atom is 1.00 e. The summed E-state index contributed by atoms with van der Waals surface area (Å²) in [7, 11) is 0. The van der Waals surface area contributed by atoms with E-state index < -0.39 is 5.97 Å². The van der Waals surface area contributed by atoms with Gasteiger partial charge in [0.1, 0.15) is 0 Å². The van der Waals surface area contributed by atoms with Crippen LogP contribution in [0.4, 0.5) is 0 Å². The predicted octanol–water partition coefficient (Wildman–Crippen LogP) is -4.23. The van der Waals surface area contributed by atoms with Crippen LogP contribution in [0.5, 0.6) is 0 Å². The van der Waals surface area contributed by atoms with E-state index in [2.05, 4.69) is 0 Å². The Hall–Kier alpha value is 1.74. The molecule has 0 aromatic rings. The van der Waals surface area contributed by atoms with Gasteiger partial charge in [0, 0.05) is 5.97 Å². The molecular weight excluding hydrogens is 242 g/mol. The molecule has 0 aliphatic rings. The number of nitrogens with zero attached hydrogens (tertiary/aromatic N) is 1. The average molecular weight is 245 g/mol. The summed E-state index contributed by atoms with van der Waals surface area (Å²) >= 11 is 1.86. The van der Waals surface area contributed by atoms with Crippen molar-refractivity contribution in [3.05, 3.63) is 0 Å². The molecule has 0 spiro atoms. The Morgan fingerprint density at radius 3 is 2.00 bits per heavy atom. The second-order valence-electron chi connectivity index (χ2n) is 0.696. The summed E-state index contributed by atoms with van der Waals surface area (Å²) in [4.78, 5) is 10.9. The van der Waals surface area contributed by atoms with E-state index in [1.165, 1.54) is 0 Å². The third-order valence-electron chi connectivity index (χ3n) is 0.0559. The fourth-order valence-corrected chi connectivity index (χ4v) is 0. The van der Waals surface area contributed by atoms with Crippen molar-refractivity contribution in [2.75, 3.05) is 0 Å². The predicted molar refractivity (Wildman–Crippen MR) is 16.3 cm³/mol. The van der Waals surface area contributed by atoms with Crippen molar-refractivity contribution in [1.82, 2.24) is 0 Å². The van der Waals surface area contributed by atoms with Gasteiger partial charge in [-0.2, -0.15) is 0 Å². The zero-order valence-electron chi connectivity index (χ0n) is 5.32. The minimum Gasteiger partial charge on any atom is 1.00 e. The molecule has 0 saturated carbocycles. The first-order valence-corrected chi connectivity index (χ1v) is 7.22. The molecule has 0 rings (SSSR count). The van der Waals surface area contributed by atoms with Crippen LogP contribution in [0.3, 0.4) is 0 Å². The van der Waals surface area contributed by atoms with Gasteiger partial charge in [-0.3, -0.25) is 0 Å². The van der Waals surface area contributed by atoms with E-state index in [1.54, 1.807) is 0 Å². The van der Waals surface area contributed by atoms with Crippen LogP contribution < -0.4 is 56.5 Å². The number of hydrogen-bond acceptors (Lipinski definition) is 3. The third kappa shape index (κ3) is 77.7. The maximum atomic E-state index is 8.89. The SMILES string of the molecule is CC(=O)[O-].N#[C][Fe][Zn].[K+]. The van der Waals surface area contributed by atoms with Crippen LogP contribution in [0.25, 0.3) is 0 Å². The van der Waals surface area contributed by atoms with Crippen molar-refractivity contribution < 1.29 is 90.3 Å². The average Bonchev–Trinajstić information content (AvgIpc) is 1.65. The topological polar surface area (TPSA) is 63.9 Å². The number of nitriles is 1. The van der Waals surface area contributed by atoms with Crippen molar-refractivity contribution in [2.45, 2.75) is 6.92 Å². The molecule has 0 atom stereocenters. The zero-order chi connectivity index (χ0) is 6.99. The molecule has 43 valence electrons. The van der Waals surface area contributed by atoms with E-state index in [0.29, 0.717) is 0 Å². The van der Waals surface area contributed by atoms with Crippen LogP contribution in [0.15, 0.2) is 0 Å². The second kappa shape index (κ2) is 16.4. The summed E-state index contributed by atoms with van der Waals surface area (Å²) in [5.74, 6) is -1.08. The van der Waals surface area contributed by atoms with E-state index in [4.69, 9.17) is 15.2 Å². The fraction of sp³-hybridized carbons (Fsp3) is 0.333. The van der Waals surface area contributed by atoms with E-state index in [9.17, 15) is 0 Å². The second-order valence-corrected chi connectivity index (χ2v) is 3.50. The van der Waals surface area contributed by atoms with Gasteiger partial charge in [-0.25, -0.2) is 0 Å². The molecule has 0 bridgehead atoms. The zero-order valence-corrected chi connectivity index (χ0v) is 12.5. The Morgan fingerprint density at radius 2 is 2.00 bits per heavy atom. The molecule has 0 saturated heterocycles. The van der Waals surface area contributed by atoms with Crippen LogP contribution in [0, 0.1) is 10.2 Å². The Morgan fingerprint density at radius 1 is 1.89 bits per heavy atom. The summed E-state index contributed by atoms with van der Waals surface area (Å²) in [5.41, 5.74) is 0. The van der Waals surface area contributed by atoms with Crippen molar-refractivity contribution in [2.24, 2.45) is 0 Å². The molecule has 0 heterocycles. The third-order valence-corrected chi connectivity index (χ3v) is 1.20. The number of carboxylic acid groups (broad SMARTS) is 1. The van der Waals surface area contributed by atoms with Crippen molar-refractivity contribution in [3.8, 4) is 4.97 Å². The van der Waals surface area contributed by atoms with Crippen molar-refractivity contribution in [1.29, 1.82) is 5.26 Å². The van der Waals surface area contributed by atoms with Crippen LogP contribution in [0.1, 0.15) is 6.92 Å².